The molecule has 0 amide bonds. The zero-order valence-corrected chi connectivity index (χ0v) is 18.6. The van der Waals surface area contributed by atoms with E-state index in [-0.39, 0.29) is 30.4 Å². The lowest BCUT2D eigenvalue weighted by molar-refractivity contribution is -0.135. The number of unbranched alkanes of at least 4 members (excludes halogenated alkanes) is 1. The summed E-state index contributed by atoms with van der Waals surface area (Å²) in [5, 5.41) is 3.17. The first kappa shape index (κ1) is 24.8. The largest absolute Gasteiger partial charge is 0.492 e. The van der Waals surface area contributed by atoms with Crippen LogP contribution in [-0.2, 0) is 0 Å². The molecule has 1 aliphatic heterocycles. The summed E-state index contributed by atoms with van der Waals surface area (Å²) in [7, 11) is 1.71. The van der Waals surface area contributed by atoms with E-state index in [0.29, 0.717) is 19.6 Å². The third-order valence-electron chi connectivity index (χ3n) is 4.47. The number of guanidine groups is 1. The zero-order chi connectivity index (χ0) is 19.5. The van der Waals surface area contributed by atoms with Crippen LogP contribution in [0.1, 0.15) is 19.3 Å². The average molecular weight is 514 g/mol. The lowest BCUT2D eigenvalue weighted by Crippen LogP contribution is -2.53. The topological polar surface area (TPSA) is 40.1 Å². The Morgan fingerprint density at radius 1 is 1.11 bits per heavy atom. The highest BCUT2D eigenvalue weighted by atomic mass is 127. The van der Waals surface area contributed by atoms with Gasteiger partial charge in [0.15, 0.2) is 5.96 Å². The summed E-state index contributed by atoms with van der Waals surface area (Å²) in [6, 6.07) is 9.76. The fourth-order valence-electron chi connectivity index (χ4n) is 2.98. The van der Waals surface area contributed by atoms with Gasteiger partial charge in [0.2, 0.25) is 0 Å². The molecule has 0 unspecified atom stereocenters. The van der Waals surface area contributed by atoms with Gasteiger partial charge in [-0.2, -0.15) is 13.2 Å². The monoisotopic (exact) mass is 514 g/mol. The van der Waals surface area contributed by atoms with Crippen LogP contribution in [0.2, 0.25) is 0 Å². The van der Waals surface area contributed by atoms with Crippen LogP contribution in [-0.4, -0.2) is 74.9 Å². The Hall–Kier alpha value is -1.23. The number of benzene rings is 1. The van der Waals surface area contributed by atoms with Crippen molar-refractivity contribution in [2.75, 3.05) is 52.9 Å². The zero-order valence-electron chi connectivity index (χ0n) is 16.2. The molecule has 1 heterocycles. The van der Waals surface area contributed by atoms with Gasteiger partial charge in [0, 0.05) is 52.7 Å². The van der Waals surface area contributed by atoms with Crippen molar-refractivity contribution in [1.29, 1.82) is 0 Å². The number of nitrogens with one attached hydrogen (secondary N) is 1. The van der Waals surface area contributed by atoms with Crippen LogP contribution in [0, 0.1) is 0 Å². The number of aliphatic imine (C=N–C) groups is 1. The van der Waals surface area contributed by atoms with E-state index in [9.17, 15) is 13.2 Å². The van der Waals surface area contributed by atoms with Crippen LogP contribution >= 0.6 is 24.0 Å². The Balaban J connectivity index is 0.00000392. The third-order valence-corrected chi connectivity index (χ3v) is 4.47. The smallest absolute Gasteiger partial charge is 0.389 e. The molecule has 0 radical (unpaired) electrons. The van der Waals surface area contributed by atoms with Gasteiger partial charge in [0.1, 0.15) is 12.4 Å². The number of halogens is 4. The molecule has 1 aromatic rings. The maximum Gasteiger partial charge on any atom is 0.389 e. The van der Waals surface area contributed by atoms with Crippen molar-refractivity contribution in [2.24, 2.45) is 4.99 Å². The first-order valence-corrected chi connectivity index (χ1v) is 9.40. The molecule has 5 nitrogen and oxygen atoms in total. The van der Waals surface area contributed by atoms with Crippen molar-refractivity contribution in [1.82, 2.24) is 15.1 Å². The molecule has 0 aromatic heterocycles. The van der Waals surface area contributed by atoms with Crippen LogP contribution < -0.4 is 10.1 Å². The predicted octanol–water partition coefficient (Wildman–Crippen LogP) is 3.61. The van der Waals surface area contributed by atoms with Gasteiger partial charge < -0.3 is 15.0 Å². The van der Waals surface area contributed by atoms with E-state index in [1.54, 1.807) is 7.05 Å². The van der Waals surface area contributed by atoms with E-state index in [1.165, 1.54) is 0 Å². The van der Waals surface area contributed by atoms with Crippen molar-refractivity contribution in [3.63, 3.8) is 0 Å². The van der Waals surface area contributed by atoms with Crippen LogP contribution in [0.4, 0.5) is 13.2 Å². The Bertz CT molecular complexity index is 564. The number of hydrogen-bond acceptors (Lipinski definition) is 3. The van der Waals surface area contributed by atoms with E-state index in [0.717, 1.165) is 44.4 Å². The minimum absolute atomic E-state index is 0. The number of rotatable bonds is 8. The van der Waals surface area contributed by atoms with Gasteiger partial charge >= 0.3 is 6.18 Å². The quantitative estimate of drug-likeness (QED) is 0.249. The van der Waals surface area contributed by atoms with E-state index >= 15 is 0 Å². The van der Waals surface area contributed by atoms with Crippen molar-refractivity contribution in [2.45, 2.75) is 25.4 Å². The molecule has 0 atom stereocenters. The predicted molar refractivity (Wildman–Crippen MR) is 117 cm³/mol. The lowest BCUT2D eigenvalue weighted by atomic mass is 10.2. The molecule has 1 aromatic carbocycles. The molecule has 1 aliphatic rings. The van der Waals surface area contributed by atoms with Crippen LogP contribution in [0.3, 0.4) is 0 Å². The van der Waals surface area contributed by atoms with E-state index in [2.05, 4.69) is 20.1 Å². The molecule has 0 saturated carbocycles. The third kappa shape index (κ3) is 9.81. The maximum atomic E-state index is 12.2. The Kier molecular flexibility index (Phi) is 11.6. The van der Waals surface area contributed by atoms with Gasteiger partial charge in [-0.15, -0.1) is 24.0 Å². The summed E-state index contributed by atoms with van der Waals surface area (Å²) in [5.74, 6) is 1.65. The molecule has 2 rings (SSSR count). The van der Waals surface area contributed by atoms with Crippen LogP contribution in [0.15, 0.2) is 35.3 Å². The first-order valence-electron chi connectivity index (χ1n) is 9.40. The lowest BCUT2D eigenvalue weighted by Gasteiger charge is -2.36. The summed E-state index contributed by atoms with van der Waals surface area (Å²) in [5.41, 5.74) is 0. The number of ether oxygens (including phenoxy) is 1. The Morgan fingerprint density at radius 2 is 1.79 bits per heavy atom. The van der Waals surface area contributed by atoms with Crippen molar-refractivity contribution in [3.05, 3.63) is 30.3 Å². The molecule has 0 spiro atoms. The fraction of sp³-hybridized carbons (Fsp3) is 0.632. The summed E-state index contributed by atoms with van der Waals surface area (Å²) in [6.07, 6.45) is -4.17. The second kappa shape index (κ2) is 13.1. The molecule has 28 heavy (non-hydrogen) atoms. The van der Waals surface area contributed by atoms with Gasteiger partial charge in [0.05, 0.1) is 0 Å². The molecule has 9 heteroatoms. The van der Waals surface area contributed by atoms with Crippen molar-refractivity contribution in [3.8, 4) is 5.75 Å². The number of alkyl halides is 3. The minimum atomic E-state index is -4.07. The normalized spacial score (nSPS) is 15.9. The Labute approximate surface area is 182 Å². The van der Waals surface area contributed by atoms with Gasteiger partial charge in [0.25, 0.3) is 0 Å². The van der Waals surface area contributed by atoms with Crippen LogP contribution in [0.5, 0.6) is 5.75 Å². The maximum absolute atomic E-state index is 12.2. The molecule has 0 bridgehead atoms. The highest BCUT2D eigenvalue weighted by Crippen LogP contribution is 2.21. The van der Waals surface area contributed by atoms with Gasteiger partial charge in [-0.25, -0.2) is 0 Å². The standard InChI is InChI=1S/C19H29F3N4O.HI/c1-23-18(24-10-6-5-9-19(20,21)22)26-13-11-25(12-14-26)15-16-27-17-7-3-2-4-8-17;/h2-4,7-8H,5-6,9-16H2,1H3,(H,23,24);1H. The number of para-hydroxylation sites is 1. The highest BCUT2D eigenvalue weighted by molar-refractivity contribution is 14.0. The Morgan fingerprint density at radius 3 is 2.39 bits per heavy atom. The minimum Gasteiger partial charge on any atom is -0.492 e. The molecular weight excluding hydrogens is 484 g/mol. The fourth-order valence-corrected chi connectivity index (χ4v) is 2.98. The van der Waals surface area contributed by atoms with Crippen LogP contribution in [0.25, 0.3) is 0 Å². The first-order chi connectivity index (χ1) is 13.0. The van der Waals surface area contributed by atoms with E-state index in [4.69, 9.17) is 4.74 Å². The van der Waals surface area contributed by atoms with E-state index in [1.807, 2.05) is 30.3 Å². The molecular formula is C19H30F3IN4O. The second-order valence-corrected chi connectivity index (χ2v) is 6.54. The van der Waals surface area contributed by atoms with Crippen molar-refractivity contribution < 1.29 is 17.9 Å². The summed E-state index contributed by atoms with van der Waals surface area (Å²) in [6.45, 7) is 5.53. The number of nitrogens with zero attached hydrogens (tertiary/aromatic N) is 3. The van der Waals surface area contributed by atoms with Gasteiger partial charge in [-0.05, 0) is 25.0 Å². The van der Waals surface area contributed by atoms with E-state index < -0.39 is 12.6 Å². The highest BCUT2D eigenvalue weighted by Gasteiger charge is 2.26. The average Bonchev–Trinajstić information content (AvgIpc) is 2.65. The SMILES string of the molecule is CN=C(NCCCCC(F)(F)F)N1CCN(CCOc2ccccc2)CC1.I. The van der Waals surface area contributed by atoms with Crippen molar-refractivity contribution >= 4 is 29.9 Å². The van der Waals surface area contributed by atoms with Gasteiger partial charge in [-0.3, -0.25) is 9.89 Å². The number of piperazine rings is 1. The molecule has 1 N–H and O–H groups in total. The van der Waals surface area contributed by atoms with Gasteiger partial charge in [-0.1, -0.05) is 18.2 Å². The molecule has 1 fully saturated rings. The summed E-state index contributed by atoms with van der Waals surface area (Å²) >= 11 is 0. The summed E-state index contributed by atoms with van der Waals surface area (Å²) in [4.78, 5) is 8.75. The second-order valence-electron chi connectivity index (χ2n) is 6.54. The molecule has 160 valence electrons. The number of hydrogen-bond donors (Lipinski definition) is 1. The molecule has 1 saturated heterocycles. The summed E-state index contributed by atoms with van der Waals surface area (Å²) < 4.78 is 42.2. The molecule has 0 aliphatic carbocycles.